The zero-order chi connectivity index (χ0) is 19.2. The lowest BCUT2D eigenvalue weighted by Crippen LogP contribution is -2.04. The number of amides is 1. The van der Waals surface area contributed by atoms with Gasteiger partial charge in [-0.3, -0.25) is 25.0 Å². The van der Waals surface area contributed by atoms with Crippen LogP contribution in [0.1, 0.15) is 11.1 Å². The van der Waals surface area contributed by atoms with Crippen molar-refractivity contribution in [1.29, 1.82) is 0 Å². The number of nitro benzene ring substituents is 2. The van der Waals surface area contributed by atoms with E-state index in [0.717, 1.165) is 12.1 Å². The second-order valence-electron chi connectivity index (χ2n) is 5.25. The highest BCUT2D eigenvalue weighted by Gasteiger charge is 2.34. The fourth-order valence-electron chi connectivity index (χ4n) is 2.49. The molecule has 0 saturated heterocycles. The van der Waals surface area contributed by atoms with Gasteiger partial charge in [-0.1, -0.05) is 0 Å². The standard InChI is InChI=1S/C15H7Br2N3O6/c16-10-2-6(3-11(17)14(10)21)1-9-8-4-7(19(23)24)5-12(20(25)26)13(8)18-15(9)22/h1-5,21H,(H,18,22)/b9-1-. The number of nitrogens with zero attached hydrogens (tertiary/aromatic N) is 2. The van der Waals surface area contributed by atoms with Gasteiger partial charge in [-0.15, -0.1) is 0 Å². The molecule has 132 valence electrons. The van der Waals surface area contributed by atoms with Crippen LogP contribution in [0.15, 0.2) is 33.2 Å². The molecular weight excluding hydrogens is 478 g/mol. The summed E-state index contributed by atoms with van der Waals surface area (Å²) < 4.78 is 0.727. The number of nitrogens with one attached hydrogen (secondary N) is 1. The maximum absolute atomic E-state index is 12.3. The molecule has 9 nitrogen and oxygen atoms in total. The summed E-state index contributed by atoms with van der Waals surface area (Å²) in [6.45, 7) is 0. The lowest BCUT2D eigenvalue weighted by atomic mass is 10.0. The minimum Gasteiger partial charge on any atom is -0.506 e. The van der Waals surface area contributed by atoms with Crippen molar-refractivity contribution in [2.45, 2.75) is 0 Å². The smallest absolute Gasteiger partial charge is 0.300 e. The van der Waals surface area contributed by atoms with E-state index in [1.54, 1.807) is 0 Å². The van der Waals surface area contributed by atoms with Gasteiger partial charge in [0.1, 0.15) is 11.4 Å². The molecule has 0 aliphatic carbocycles. The number of halogens is 2. The monoisotopic (exact) mass is 483 g/mol. The van der Waals surface area contributed by atoms with Gasteiger partial charge in [-0.25, -0.2) is 0 Å². The quantitative estimate of drug-likeness (QED) is 0.380. The molecule has 0 spiro atoms. The zero-order valence-corrected chi connectivity index (χ0v) is 15.7. The molecule has 0 radical (unpaired) electrons. The third kappa shape index (κ3) is 3.06. The van der Waals surface area contributed by atoms with Crippen molar-refractivity contribution >= 4 is 66.5 Å². The van der Waals surface area contributed by atoms with Gasteiger partial charge < -0.3 is 10.4 Å². The van der Waals surface area contributed by atoms with Gasteiger partial charge in [-0.05, 0) is 55.6 Å². The Labute approximate surface area is 161 Å². The van der Waals surface area contributed by atoms with Gasteiger partial charge >= 0.3 is 0 Å². The number of hydrogen-bond donors (Lipinski definition) is 2. The average molecular weight is 485 g/mol. The minimum atomic E-state index is -0.789. The number of non-ortho nitro benzene ring substituents is 1. The van der Waals surface area contributed by atoms with Crippen molar-refractivity contribution in [3.63, 3.8) is 0 Å². The maximum Gasteiger partial charge on any atom is 0.300 e. The molecule has 0 saturated carbocycles. The van der Waals surface area contributed by atoms with E-state index < -0.39 is 27.1 Å². The first-order valence-corrected chi connectivity index (χ1v) is 8.46. The molecule has 3 rings (SSSR count). The SMILES string of the molecule is O=C1Nc2c(cc([N+](=O)[O-])cc2[N+](=O)[O-])/C1=C/c1cc(Br)c(O)c(Br)c1. The van der Waals surface area contributed by atoms with Crippen molar-refractivity contribution in [2.75, 3.05) is 5.32 Å². The Morgan fingerprint density at radius 1 is 1.04 bits per heavy atom. The van der Waals surface area contributed by atoms with Crippen molar-refractivity contribution < 1.29 is 19.7 Å². The van der Waals surface area contributed by atoms with E-state index in [1.807, 2.05) is 0 Å². The van der Waals surface area contributed by atoms with E-state index in [4.69, 9.17) is 0 Å². The third-order valence-electron chi connectivity index (χ3n) is 3.63. The van der Waals surface area contributed by atoms with Gasteiger partial charge in [0.15, 0.2) is 0 Å². The normalized spacial score (nSPS) is 14.2. The molecule has 0 fully saturated rings. The van der Waals surface area contributed by atoms with E-state index in [9.17, 15) is 30.1 Å². The molecule has 0 unspecified atom stereocenters. The van der Waals surface area contributed by atoms with Crippen LogP contribution in [0.5, 0.6) is 5.75 Å². The molecule has 1 amide bonds. The Morgan fingerprint density at radius 3 is 2.19 bits per heavy atom. The van der Waals surface area contributed by atoms with Crippen molar-refractivity contribution in [1.82, 2.24) is 0 Å². The topological polar surface area (TPSA) is 136 Å². The number of anilines is 1. The highest BCUT2D eigenvalue weighted by atomic mass is 79.9. The number of carbonyl (C=O) groups is 1. The highest BCUT2D eigenvalue weighted by Crippen LogP contribution is 2.43. The third-order valence-corrected chi connectivity index (χ3v) is 4.84. The summed E-state index contributed by atoms with van der Waals surface area (Å²) in [5.41, 5.74) is -0.542. The lowest BCUT2D eigenvalue weighted by Gasteiger charge is -2.04. The van der Waals surface area contributed by atoms with Crippen LogP contribution < -0.4 is 5.32 Å². The van der Waals surface area contributed by atoms with E-state index >= 15 is 0 Å². The number of fused-ring (bicyclic) bond motifs is 1. The second kappa shape index (κ2) is 6.50. The van der Waals surface area contributed by atoms with E-state index in [-0.39, 0.29) is 22.6 Å². The highest BCUT2D eigenvalue weighted by molar-refractivity contribution is 9.11. The zero-order valence-electron chi connectivity index (χ0n) is 12.5. The van der Waals surface area contributed by atoms with Gasteiger partial charge in [0.05, 0.1) is 30.4 Å². The molecule has 2 N–H and O–H groups in total. The summed E-state index contributed by atoms with van der Waals surface area (Å²) in [6, 6.07) is 4.97. The van der Waals surface area contributed by atoms with E-state index in [1.165, 1.54) is 18.2 Å². The number of aromatic hydroxyl groups is 1. The van der Waals surface area contributed by atoms with Crippen LogP contribution in [0.25, 0.3) is 11.6 Å². The molecule has 0 bridgehead atoms. The van der Waals surface area contributed by atoms with Crippen LogP contribution in [-0.4, -0.2) is 20.9 Å². The first kappa shape index (κ1) is 18.0. The Hall–Kier alpha value is -2.79. The summed E-state index contributed by atoms with van der Waals surface area (Å²) in [6.07, 6.45) is 1.42. The van der Waals surface area contributed by atoms with Crippen LogP contribution in [0.2, 0.25) is 0 Å². The predicted molar refractivity (Wildman–Crippen MR) is 99.8 cm³/mol. The van der Waals surface area contributed by atoms with Crippen LogP contribution in [-0.2, 0) is 4.79 Å². The number of benzene rings is 2. The number of rotatable bonds is 3. The molecule has 0 atom stereocenters. The summed E-state index contributed by atoms with van der Waals surface area (Å²) in [4.78, 5) is 33.0. The molecule has 1 aliphatic rings. The summed E-state index contributed by atoms with van der Waals surface area (Å²) >= 11 is 6.33. The molecule has 2 aromatic rings. The Bertz CT molecular complexity index is 1010. The van der Waals surface area contributed by atoms with E-state index in [2.05, 4.69) is 37.2 Å². The Morgan fingerprint density at radius 2 is 1.65 bits per heavy atom. The van der Waals surface area contributed by atoms with Gasteiger partial charge in [0.25, 0.3) is 17.3 Å². The van der Waals surface area contributed by atoms with Crippen LogP contribution in [0.4, 0.5) is 17.1 Å². The fourth-order valence-corrected chi connectivity index (χ4v) is 3.71. The van der Waals surface area contributed by atoms with Crippen LogP contribution in [0, 0.1) is 20.2 Å². The molecular formula is C15H7Br2N3O6. The van der Waals surface area contributed by atoms with Crippen molar-refractivity contribution in [3.05, 3.63) is 64.6 Å². The van der Waals surface area contributed by atoms with Crippen molar-refractivity contribution in [3.8, 4) is 5.75 Å². The summed E-state index contributed by atoms with van der Waals surface area (Å²) in [5.74, 6) is -0.654. The van der Waals surface area contributed by atoms with Gasteiger partial charge in [-0.2, -0.15) is 0 Å². The summed E-state index contributed by atoms with van der Waals surface area (Å²) in [5, 5.41) is 34.4. The maximum atomic E-state index is 12.3. The first-order valence-electron chi connectivity index (χ1n) is 6.87. The number of phenols is 1. The summed E-state index contributed by atoms with van der Waals surface area (Å²) in [7, 11) is 0. The van der Waals surface area contributed by atoms with Gasteiger partial charge in [0, 0.05) is 11.6 Å². The Kier molecular flexibility index (Phi) is 4.50. The lowest BCUT2D eigenvalue weighted by molar-refractivity contribution is -0.393. The second-order valence-corrected chi connectivity index (χ2v) is 6.96. The van der Waals surface area contributed by atoms with E-state index in [0.29, 0.717) is 14.5 Å². The number of carbonyl (C=O) groups excluding carboxylic acids is 1. The first-order chi connectivity index (χ1) is 12.2. The van der Waals surface area contributed by atoms with Crippen LogP contribution in [0.3, 0.4) is 0 Å². The van der Waals surface area contributed by atoms with Crippen molar-refractivity contribution in [2.24, 2.45) is 0 Å². The average Bonchev–Trinajstić information content (AvgIpc) is 2.87. The molecule has 1 heterocycles. The molecule has 26 heavy (non-hydrogen) atoms. The van der Waals surface area contributed by atoms with Crippen LogP contribution >= 0.6 is 31.9 Å². The number of phenolic OH excluding ortho intramolecular Hbond substituents is 1. The largest absolute Gasteiger partial charge is 0.506 e. The predicted octanol–water partition coefficient (Wildman–Crippen LogP) is 4.23. The molecule has 0 aromatic heterocycles. The molecule has 11 heteroatoms. The molecule has 2 aromatic carbocycles. The minimum absolute atomic E-state index is 0.0327. The Balaban J connectivity index is 2.23. The van der Waals surface area contributed by atoms with Gasteiger partial charge in [0.2, 0.25) is 0 Å². The molecule has 1 aliphatic heterocycles. The number of hydrogen-bond acceptors (Lipinski definition) is 6. The number of nitro groups is 2. The fraction of sp³-hybridized carbons (Fsp3) is 0.